The molecule has 10 nitrogen and oxygen atoms in total. The molecule has 0 amide bonds. The Morgan fingerprint density at radius 2 is 2.20 bits per heavy atom. The minimum atomic E-state index is -4.79. The molecule has 0 saturated carbocycles. The topological polar surface area (TPSA) is 129 Å². The Balaban J connectivity index is 1.58. The molecule has 3 heterocycles. The van der Waals surface area contributed by atoms with Crippen molar-refractivity contribution in [1.82, 2.24) is 9.55 Å². The number of hydrogen-bond acceptors (Lipinski definition) is 8. The van der Waals surface area contributed by atoms with Crippen molar-refractivity contribution >= 4 is 7.82 Å². The molecular formula is C16H14F3N2O8P. The Labute approximate surface area is 168 Å². The number of fused-ring (bicyclic) bond motifs is 1. The lowest BCUT2D eigenvalue weighted by Gasteiger charge is -2.27. The van der Waals surface area contributed by atoms with E-state index in [0.717, 1.165) is 18.2 Å². The fourth-order valence-electron chi connectivity index (χ4n) is 2.86. The van der Waals surface area contributed by atoms with E-state index in [1.165, 1.54) is 0 Å². The number of phosphoric ester groups is 1. The number of phosphoric acid groups is 1. The van der Waals surface area contributed by atoms with Crippen molar-refractivity contribution in [2.24, 2.45) is 0 Å². The van der Waals surface area contributed by atoms with Crippen molar-refractivity contribution in [1.29, 1.82) is 0 Å². The highest BCUT2D eigenvalue weighted by molar-refractivity contribution is 7.49. The van der Waals surface area contributed by atoms with E-state index in [9.17, 15) is 28.0 Å². The first-order chi connectivity index (χ1) is 14.8. The van der Waals surface area contributed by atoms with Crippen LogP contribution >= 0.6 is 7.82 Å². The molecule has 0 radical (unpaired) electrons. The van der Waals surface area contributed by atoms with Gasteiger partial charge in [0.1, 0.15) is 24.2 Å². The molecule has 4 rings (SSSR count). The highest BCUT2D eigenvalue weighted by atomic mass is 31.2. The van der Waals surface area contributed by atoms with Gasteiger partial charge in [-0.25, -0.2) is 18.1 Å². The number of aromatic amines is 1. The number of nitrogens with zero attached hydrogens (tertiary/aromatic N) is 1. The average Bonchev–Trinajstić information content (AvgIpc) is 3.00. The van der Waals surface area contributed by atoms with Crippen LogP contribution in [0.4, 0.5) is 13.2 Å². The Bertz CT molecular complexity index is 1240. The maximum atomic E-state index is 15.4. The van der Waals surface area contributed by atoms with Crippen molar-refractivity contribution < 1.29 is 43.9 Å². The average molecular weight is 452 g/mol. The van der Waals surface area contributed by atoms with Gasteiger partial charge in [-0.05, 0) is 18.2 Å². The molecule has 2 N–H and O–H groups in total. The number of benzene rings is 1. The monoisotopic (exact) mass is 452 g/mol. The number of aliphatic hydroxyl groups is 1. The van der Waals surface area contributed by atoms with Gasteiger partial charge < -0.3 is 14.4 Å². The molecule has 1 saturated heterocycles. The maximum absolute atomic E-state index is 15.4. The van der Waals surface area contributed by atoms with Gasteiger partial charge in [-0.2, -0.15) is 4.39 Å². The summed E-state index contributed by atoms with van der Waals surface area (Å²) in [5.74, 6) is -5.75. The molecule has 1 aromatic heterocycles. The van der Waals surface area contributed by atoms with Crippen molar-refractivity contribution in [2.45, 2.75) is 31.2 Å². The van der Waals surface area contributed by atoms with Crippen LogP contribution in [0.2, 0.25) is 0 Å². The second kappa shape index (κ2) is 7.36. The molecule has 0 aliphatic carbocycles. The highest BCUT2D eigenvalue weighted by Gasteiger charge is 2.50. The van der Waals surface area contributed by atoms with Crippen LogP contribution in [0.15, 0.2) is 34.0 Å². The summed E-state index contributed by atoms with van der Waals surface area (Å²) in [5.41, 5.74) is -2.49. The lowest BCUT2D eigenvalue weighted by Crippen LogP contribution is -2.37. The van der Waals surface area contributed by atoms with Crippen LogP contribution in [0.3, 0.4) is 0 Å². The number of nitrogens with one attached hydrogen (secondary N) is 1. The van der Waals surface area contributed by atoms with Crippen LogP contribution in [0.1, 0.15) is 21.0 Å². The summed E-state index contributed by atoms with van der Waals surface area (Å²) in [5, 5.41) is 10.1. The zero-order chi connectivity index (χ0) is 23.5. The predicted molar refractivity (Wildman–Crippen MR) is 91.2 cm³/mol. The largest absolute Gasteiger partial charge is 0.530 e. The number of halogens is 3. The minimum Gasteiger partial charge on any atom is -0.404 e. The fraction of sp³-hybridized carbons (Fsp3) is 0.375. The predicted octanol–water partition coefficient (Wildman–Crippen LogP) is 1.49. The van der Waals surface area contributed by atoms with Gasteiger partial charge in [-0.3, -0.25) is 23.4 Å². The fourth-order valence-corrected chi connectivity index (χ4v) is 3.97. The van der Waals surface area contributed by atoms with Gasteiger partial charge in [-0.1, -0.05) is 0 Å². The van der Waals surface area contributed by atoms with E-state index in [-0.39, 0.29) is 11.3 Å². The quantitative estimate of drug-likeness (QED) is 0.668. The Morgan fingerprint density at radius 1 is 1.43 bits per heavy atom. The first-order valence-corrected chi connectivity index (χ1v) is 9.78. The Kier molecular flexibility index (Phi) is 4.50. The summed E-state index contributed by atoms with van der Waals surface area (Å²) in [6.45, 7) is -4.09. The minimum absolute atomic E-state index is 0.141. The number of hydrogen-bond donors (Lipinski definition) is 2. The lowest BCUT2D eigenvalue weighted by atomic mass is 10.2. The number of alkyl halides is 1. The van der Waals surface area contributed by atoms with Crippen molar-refractivity contribution in [3.63, 3.8) is 0 Å². The maximum Gasteiger partial charge on any atom is 0.530 e. The van der Waals surface area contributed by atoms with Gasteiger partial charge >= 0.3 is 13.5 Å². The summed E-state index contributed by atoms with van der Waals surface area (Å²) in [6, 6.07) is 3.08. The summed E-state index contributed by atoms with van der Waals surface area (Å²) in [4.78, 5) is 24.6. The van der Waals surface area contributed by atoms with E-state index >= 15 is 4.39 Å². The third kappa shape index (κ3) is 3.94. The molecule has 162 valence electrons. The van der Waals surface area contributed by atoms with Crippen LogP contribution in [-0.4, -0.2) is 33.2 Å². The van der Waals surface area contributed by atoms with Crippen molar-refractivity contribution in [3.8, 4) is 5.75 Å². The van der Waals surface area contributed by atoms with E-state index in [0.29, 0.717) is 10.8 Å². The highest BCUT2D eigenvalue weighted by Crippen LogP contribution is 2.55. The van der Waals surface area contributed by atoms with Gasteiger partial charge in [0, 0.05) is 12.0 Å². The second-order valence-electron chi connectivity index (χ2n) is 6.41. The zero-order valence-electron chi connectivity index (χ0n) is 16.7. The molecule has 2 aromatic rings. The van der Waals surface area contributed by atoms with E-state index in [1.54, 1.807) is 4.98 Å². The molecule has 2 aliphatic heterocycles. The van der Waals surface area contributed by atoms with Crippen LogP contribution in [0.5, 0.6) is 5.75 Å². The molecule has 1 unspecified atom stereocenters. The molecule has 0 spiro atoms. The van der Waals surface area contributed by atoms with E-state index in [2.05, 4.69) is 4.52 Å². The van der Waals surface area contributed by atoms with Gasteiger partial charge in [0.15, 0.2) is 6.23 Å². The molecule has 14 heteroatoms. The summed E-state index contributed by atoms with van der Waals surface area (Å²) in [7, 11) is -4.79. The summed E-state index contributed by atoms with van der Waals surface area (Å²) < 4.78 is 90.4. The van der Waals surface area contributed by atoms with E-state index in [1.807, 2.05) is 0 Å². The number of rotatable bonds is 4. The third-order valence-electron chi connectivity index (χ3n) is 4.23. The van der Waals surface area contributed by atoms with Gasteiger partial charge in [0.25, 0.3) is 5.56 Å². The van der Waals surface area contributed by atoms with Crippen molar-refractivity contribution in [2.75, 3.05) is 6.56 Å². The molecule has 0 bridgehead atoms. The number of ether oxygens (including phenoxy) is 1. The molecule has 4 atom stereocenters. The van der Waals surface area contributed by atoms with Gasteiger partial charge in [-0.15, -0.1) is 0 Å². The lowest BCUT2D eigenvalue weighted by molar-refractivity contribution is -0.179. The van der Waals surface area contributed by atoms with E-state index in [4.69, 9.17) is 16.5 Å². The number of aromatic nitrogens is 2. The first kappa shape index (κ1) is 18.3. The van der Waals surface area contributed by atoms with Crippen LogP contribution in [0.25, 0.3) is 0 Å². The molecule has 1 aromatic carbocycles. The molecule has 2 aliphatic rings. The smallest absolute Gasteiger partial charge is 0.404 e. The second-order valence-corrected chi connectivity index (χ2v) is 7.93. The van der Waals surface area contributed by atoms with Gasteiger partial charge in [0.05, 0.1) is 15.5 Å². The molecule has 1 fully saturated rings. The Hall–Kier alpha value is -2.44. The van der Waals surface area contributed by atoms with Crippen LogP contribution in [0, 0.1) is 11.6 Å². The Morgan fingerprint density at radius 3 is 2.97 bits per heavy atom. The summed E-state index contributed by atoms with van der Waals surface area (Å²) >= 11 is 0. The standard InChI is InChI=1S/C16H14F3N2O8P/c17-9-1-2-12-8(3-9)6-26-30(25,29-12)27-7-16(19)4-11(22)14(28-16)21-5-10(18)13(23)20-15(21)24/h1-3,5,11,14,22H,4,6-7H2,(H,20,23,24)/t11-,14-,16+,30?/m1/s1/i7D2. The number of aliphatic hydroxyl groups excluding tert-OH is 1. The molecular weight excluding hydrogens is 436 g/mol. The first-order valence-electron chi connectivity index (χ1n) is 9.32. The third-order valence-corrected chi connectivity index (χ3v) is 5.41. The zero-order valence-corrected chi connectivity index (χ0v) is 15.6. The number of H-pyrrole nitrogens is 1. The molecule has 30 heavy (non-hydrogen) atoms. The normalized spacial score (nSPS) is 32.1. The van der Waals surface area contributed by atoms with E-state index < -0.39 is 68.5 Å². The van der Waals surface area contributed by atoms with Crippen LogP contribution < -0.4 is 15.8 Å². The van der Waals surface area contributed by atoms with Crippen molar-refractivity contribution in [3.05, 3.63) is 62.4 Å². The SMILES string of the molecule is [2H]C([2H])(OP1(=O)OCc2cc(F)ccc2O1)[C@]1(F)C[C@@H](O)[C@H](n2cc(F)c(=O)[nH]c2=O)O1. The van der Waals surface area contributed by atoms with Crippen LogP contribution in [-0.2, 0) is 25.0 Å². The summed E-state index contributed by atoms with van der Waals surface area (Å²) in [6.07, 6.45) is -4.66. The van der Waals surface area contributed by atoms with Gasteiger partial charge in [0.2, 0.25) is 11.7 Å².